The maximum absolute atomic E-state index is 11.9. The summed E-state index contributed by atoms with van der Waals surface area (Å²) < 4.78 is 0. The summed E-state index contributed by atoms with van der Waals surface area (Å²) in [4.78, 5) is 27.1. The van der Waals surface area contributed by atoms with Gasteiger partial charge in [0, 0.05) is 31.6 Å². The average Bonchev–Trinajstić information content (AvgIpc) is 2.90. The Hall–Kier alpha value is -2.04. The van der Waals surface area contributed by atoms with Crippen molar-refractivity contribution in [2.45, 2.75) is 25.4 Å². The molecule has 100 valence electrons. The van der Waals surface area contributed by atoms with Crippen LogP contribution >= 0.6 is 0 Å². The molecular weight excluding hydrogens is 244 g/mol. The summed E-state index contributed by atoms with van der Waals surface area (Å²) in [5, 5.41) is 9.68. The van der Waals surface area contributed by atoms with Crippen molar-refractivity contribution in [3.8, 4) is 0 Å². The Labute approximate surface area is 111 Å². The van der Waals surface area contributed by atoms with Crippen molar-refractivity contribution in [3.05, 3.63) is 29.8 Å². The van der Waals surface area contributed by atoms with E-state index in [1.165, 1.54) is 4.90 Å². The van der Waals surface area contributed by atoms with Gasteiger partial charge in [-0.1, -0.05) is 18.2 Å². The summed E-state index contributed by atoms with van der Waals surface area (Å²) in [6, 6.07) is 7.72. The highest BCUT2D eigenvalue weighted by Crippen LogP contribution is 2.41. The molecule has 1 aromatic carbocycles. The molecule has 1 N–H and O–H groups in total. The van der Waals surface area contributed by atoms with Crippen LogP contribution in [-0.4, -0.2) is 40.6 Å². The number of aliphatic carboxylic acids is 1. The number of rotatable bonds is 2. The number of para-hydroxylation sites is 1. The fourth-order valence-corrected chi connectivity index (χ4v) is 3.26. The van der Waals surface area contributed by atoms with Crippen LogP contribution in [0.2, 0.25) is 0 Å². The molecule has 0 saturated carbocycles. The lowest BCUT2D eigenvalue weighted by atomic mass is 10.0. The number of anilines is 1. The molecule has 2 heterocycles. The van der Waals surface area contributed by atoms with E-state index in [2.05, 4.69) is 0 Å². The van der Waals surface area contributed by atoms with Gasteiger partial charge in [0.05, 0.1) is 0 Å². The van der Waals surface area contributed by atoms with Gasteiger partial charge in [-0.05, 0) is 18.6 Å². The first-order valence-electron chi connectivity index (χ1n) is 6.44. The van der Waals surface area contributed by atoms with E-state index in [1.54, 1.807) is 0 Å². The van der Waals surface area contributed by atoms with Gasteiger partial charge in [0.15, 0.2) is 0 Å². The van der Waals surface area contributed by atoms with Crippen molar-refractivity contribution in [1.29, 1.82) is 0 Å². The molecule has 2 saturated heterocycles. The van der Waals surface area contributed by atoms with Gasteiger partial charge in [-0.3, -0.25) is 4.79 Å². The van der Waals surface area contributed by atoms with Gasteiger partial charge in [0.25, 0.3) is 0 Å². The van der Waals surface area contributed by atoms with Gasteiger partial charge < -0.3 is 14.9 Å². The highest BCUT2D eigenvalue weighted by molar-refractivity contribution is 5.94. The van der Waals surface area contributed by atoms with Crippen LogP contribution in [0.25, 0.3) is 0 Å². The average molecular weight is 260 g/mol. The molecule has 0 aromatic heterocycles. The normalized spacial score (nSPS) is 25.8. The van der Waals surface area contributed by atoms with Crippen molar-refractivity contribution in [1.82, 2.24) is 4.90 Å². The Morgan fingerprint density at radius 2 is 1.95 bits per heavy atom. The molecule has 2 aliphatic rings. The highest BCUT2D eigenvalue weighted by Gasteiger charge is 2.59. The van der Waals surface area contributed by atoms with E-state index in [-0.39, 0.29) is 5.91 Å². The monoisotopic (exact) mass is 260 g/mol. The van der Waals surface area contributed by atoms with Crippen LogP contribution in [0.1, 0.15) is 18.4 Å². The number of hydrogen-bond acceptors (Lipinski definition) is 3. The zero-order valence-electron chi connectivity index (χ0n) is 10.8. The van der Waals surface area contributed by atoms with Crippen LogP contribution in [-0.2, 0) is 9.59 Å². The Balaban J connectivity index is 2.10. The summed E-state index contributed by atoms with van der Waals surface area (Å²) in [5.74, 6) is -0.988. The summed E-state index contributed by atoms with van der Waals surface area (Å²) >= 11 is 0. The Morgan fingerprint density at radius 3 is 2.63 bits per heavy atom. The summed E-state index contributed by atoms with van der Waals surface area (Å²) in [5.41, 5.74) is 0.759. The lowest BCUT2D eigenvalue weighted by molar-refractivity contribution is -0.151. The lowest BCUT2D eigenvalue weighted by Crippen LogP contribution is -2.57. The Kier molecular flexibility index (Phi) is 2.52. The van der Waals surface area contributed by atoms with Crippen molar-refractivity contribution in [2.24, 2.45) is 0 Å². The summed E-state index contributed by atoms with van der Waals surface area (Å²) in [6.07, 6.45) is 0.671. The number of hydrogen-bond donors (Lipinski definition) is 1. The SMILES string of the molecule is Cc1ccccc1N1CCN2C(=O)CCC21C(=O)O. The third kappa shape index (κ3) is 1.47. The fourth-order valence-electron chi connectivity index (χ4n) is 3.26. The minimum atomic E-state index is -1.18. The van der Waals surface area contributed by atoms with E-state index in [0.717, 1.165) is 11.3 Å². The molecule has 0 radical (unpaired) electrons. The minimum absolute atomic E-state index is 0.0570. The lowest BCUT2D eigenvalue weighted by Gasteiger charge is -2.37. The first-order valence-corrected chi connectivity index (χ1v) is 6.44. The van der Waals surface area contributed by atoms with Crippen LogP contribution < -0.4 is 4.90 Å². The molecule has 1 atom stereocenters. The van der Waals surface area contributed by atoms with Gasteiger partial charge in [0.1, 0.15) is 0 Å². The van der Waals surface area contributed by atoms with Crippen molar-refractivity contribution >= 4 is 17.6 Å². The molecule has 5 nitrogen and oxygen atoms in total. The first-order chi connectivity index (χ1) is 9.07. The number of fused-ring (bicyclic) bond motifs is 1. The molecule has 3 rings (SSSR count). The van der Waals surface area contributed by atoms with Crippen LogP contribution in [0.3, 0.4) is 0 Å². The third-order valence-corrected chi connectivity index (χ3v) is 4.18. The van der Waals surface area contributed by atoms with Gasteiger partial charge in [0.2, 0.25) is 11.6 Å². The number of aryl methyl sites for hydroxylation is 1. The number of carboxylic acid groups (broad SMARTS) is 1. The summed E-state index contributed by atoms with van der Waals surface area (Å²) in [7, 11) is 0. The molecule has 5 heteroatoms. The van der Waals surface area contributed by atoms with E-state index < -0.39 is 11.6 Å². The van der Waals surface area contributed by atoms with Crippen LogP contribution in [0.15, 0.2) is 24.3 Å². The molecule has 1 unspecified atom stereocenters. The second-order valence-corrected chi connectivity index (χ2v) is 5.11. The molecule has 0 bridgehead atoms. The van der Waals surface area contributed by atoms with Crippen LogP contribution in [0.5, 0.6) is 0 Å². The van der Waals surface area contributed by atoms with E-state index in [9.17, 15) is 14.7 Å². The molecule has 19 heavy (non-hydrogen) atoms. The van der Waals surface area contributed by atoms with Gasteiger partial charge in [-0.15, -0.1) is 0 Å². The molecule has 2 aliphatic heterocycles. The predicted octanol–water partition coefficient (Wildman–Crippen LogP) is 1.22. The van der Waals surface area contributed by atoms with Crippen LogP contribution in [0, 0.1) is 6.92 Å². The summed E-state index contributed by atoms with van der Waals surface area (Å²) in [6.45, 7) is 3.02. The zero-order valence-corrected chi connectivity index (χ0v) is 10.8. The number of benzene rings is 1. The number of carbonyl (C=O) groups excluding carboxylic acids is 1. The van der Waals surface area contributed by atoms with Crippen molar-refractivity contribution in [3.63, 3.8) is 0 Å². The zero-order chi connectivity index (χ0) is 13.6. The largest absolute Gasteiger partial charge is 0.478 e. The fraction of sp³-hybridized carbons (Fsp3) is 0.429. The predicted molar refractivity (Wildman–Crippen MR) is 69.8 cm³/mol. The maximum Gasteiger partial charge on any atom is 0.350 e. The third-order valence-electron chi connectivity index (χ3n) is 4.18. The van der Waals surface area contributed by atoms with Gasteiger partial charge in [-0.25, -0.2) is 4.79 Å². The van der Waals surface area contributed by atoms with E-state index in [0.29, 0.717) is 25.9 Å². The first kappa shape index (κ1) is 12.0. The van der Waals surface area contributed by atoms with E-state index in [1.807, 2.05) is 36.1 Å². The number of nitrogens with zero attached hydrogens (tertiary/aromatic N) is 2. The maximum atomic E-state index is 11.9. The smallest absolute Gasteiger partial charge is 0.350 e. The van der Waals surface area contributed by atoms with Gasteiger partial charge in [-0.2, -0.15) is 0 Å². The second-order valence-electron chi connectivity index (χ2n) is 5.11. The molecular formula is C14H16N2O3. The quantitative estimate of drug-likeness (QED) is 0.868. The minimum Gasteiger partial charge on any atom is -0.478 e. The van der Waals surface area contributed by atoms with Crippen molar-refractivity contribution < 1.29 is 14.7 Å². The Bertz CT molecular complexity index is 557. The standard InChI is InChI=1S/C14H16N2O3/c1-10-4-2-3-5-11(10)15-8-9-16-12(17)6-7-14(15,16)13(18)19/h2-5H,6-9H2,1H3,(H,18,19). The highest BCUT2D eigenvalue weighted by atomic mass is 16.4. The van der Waals surface area contributed by atoms with E-state index in [4.69, 9.17) is 0 Å². The molecule has 0 aliphatic carbocycles. The molecule has 2 fully saturated rings. The second kappa shape index (κ2) is 3.98. The number of amides is 1. The Morgan fingerprint density at radius 1 is 1.26 bits per heavy atom. The number of carbonyl (C=O) groups is 2. The van der Waals surface area contributed by atoms with E-state index >= 15 is 0 Å². The van der Waals surface area contributed by atoms with Crippen molar-refractivity contribution in [2.75, 3.05) is 18.0 Å². The molecule has 1 amide bonds. The number of carboxylic acids is 1. The topological polar surface area (TPSA) is 60.9 Å². The molecule has 1 aromatic rings. The van der Waals surface area contributed by atoms with Crippen LogP contribution in [0.4, 0.5) is 5.69 Å². The van der Waals surface area contributed by atoms with Gasteiger partial charge >= 0.3 is 5.97 Å². The molecule has 0 spiro atoms.